The number of aliphatic hydroxyl groups excluding tert-OH is 2. The fraction of sp³-hybridized carbons (Fsp3) is 0.500. The van der Waals surface area contributed by atoms with Gasteiger partial charge < -0.3 is 20.4 Å². The monoisotopic (exact) mass is 528 g/mol. The van der Waals surface area contributed by atoms with Crippen LogP contribution in [0.1, 0.15) is 45.4 Å². The van der Waals surface area contributed by atoms with E-state index in [1.165, 1.54) is 9.38 Å². The second-order valence-corrected chi connectivity index (χ2v) is 9.07. The smallest absolute Gasteiger partial charge is 0.254 e. The normalized spacial score (nSPS) is 13.2. The Kier molecular flexibility index (Phi) is 19.9. The Balaban J connectivity index is 0. The molecule has 1 aromatic rings. The molecule has 6 nitrogen and oxygen atoms in total. The Morgan fingerprint density at radius 2 is 1.94 bits per heavy atom. The standard InChI is InChI=1S/C18H28N2O4S.C4H7Br.C2H2/c1-4-7-13(3)20(11-5-2)18(24)16(22)15(21)17(23)19-10-9-14-8-6-12-25-14;1-3-4(2)5;1-2/h4,6,8,12-13,15-16,21-22H,1,5,7,9-11H2,2-3H3,(H,19,23);3H,1-2H3;1-2H/b;4-3+;. The number of nitrogens with zero attached hydrogens (tertiary/aromatic N) is 1. The minimum Gasteiger partial charge on any atom is -0.380 e. The molecule has 0 aliphatic carbocycles. The van der Waals surface area contributed by atoms with Crippen molar-refractivity contribution in [2.24, 2.45) is 0 Å². The van der Waals surface area contributed by atoms with Crippen molar-refractivity contribution < 1.29 is 19.8 Å². The summed E-state index contributed by atoms with van der Waals surface area (Å²) in [5.41, 5.74) is 0. The molecule has 0 saturated carbocycles. The zero-order chi connectivity index (χ0) is 25.1. The maximum Gasteiger partial charge on any atom is 0.254 e. The quantitative estimate of drug-likeness (QED) is 0.300. The molecule has 1 aromatic heterocycles. The number of rotatable bonds is 11. The van der Waals surface area contributed by atoms with Crippen molar-refractivity contribution in [3.05, 3.63) is 45.6 Å². The zero-order valence-corrected chi connectivity index (χ0v) is 21.9. The van der Waals surface area contributed by atoms with Crippen molar-refractivity contribution in [3.63, 3.8) is 0 Å². The number of amides is 2. The molecule has 0 bridgehead atoms. The van der Waals surface area contributed by atoms with E-state index in [9.17, 15) is 19.8 Å². The van der Waals surface area contributed by atoms with Crippen LogP contribution in [0.5, 0.6) is 0 Å². The molecule has 8 heteroatoms. The molecule has 0 aliphatic rings. The third-order valence-corrected chi connectivity index (χ3v) is 5.65. The van der Waals surface area contributed by atoms with Crippen LogP contribution in [-0.4, -0.2) is 58.3 Å². The van der Waals surface area contributed by atoms with Gasteiger partial charge in [-0.15, -0.1) is 30.8 Å². The molecule has 1 rings (SSSR count). The van der Waals surface area contributed by atoms with Crippen LogP contribution in [0.15, 0.2) is 40.7 Å². The van der Waals surface area contributed by atoms with Gasteiger partial charge in [-0.2, -0.15) is 0 Å². The van der Waals surface area contributed by atoms with Crippen LogP contribution in [0.25, 0.3) is 0 Å². The highest BCUT2D eigenvalue weighted by Gasteiger charge is 2.34. The number of hydrogen-bond acceptors (Lipinski definition) is 5. The van der Waals surface area contributed by atoms with Gasteiger partial charge in [-0.1, -0.05) is 41.1 Å². The van der Waals surface area contributed by atoms with E-state index in [1.54, 1.807) is 17.4 Å². The lowest BCUT2D eigenvalue weighted by Crippen LogP contribution is -2.53. The van der Waals surface area contributed by atoms with E-state index in [4.69, 9.17) is 0 Å². The van der Waals surface area contributed by atoms with E-state index in [2.05, 4.69) is 40.7 Å². The van der Waals surface area contributed by atoms with Gasteiger partial charge in [0.25, 0.3) is 11.8 Å². The van der Waals surface area contributed by atoms with Crippen molar-refractivity contribution in [1.29, 1.82) is 0 Å². The predicted octanol–water partition coefficient (Wildman–Crippen LogP) is 3.89. The maximum atomic E-state index is 12.5. The minimum absolute atomic E-state index is 0.159. The van der Waals surface area contributed by atoms with Gasteiger partial charge in [-0.25, -0.2) is 0 Å². The van der Waals surface area contributed by atoms with Crippen molar-refractivity contribution in [2.45, 2.75) is 65.2 Å². The van der Waals surface area contributed by atoms with E-state index in [0.717, 1.165) is 4.88 Å². The molecule has 32 heavy (non-hydrogen) atoms. The number of halogens is 1. The number of nitrogens with one attached hydrogen (secondary N) is 1. The van der Waals surface area contributed by atoms with Crippen LogP contribution < -0.4 is 5.32 Å². The van der Waals surface area contributed by atoms with Crippen molar-refractivity contribution in [1.82, 2.24) is 10.2 Å². The molecule has 0 saturated heterocycles. The Morgan fingerprint density at radius 3 is 2.38 bits per heavy atom. The molecule has 0 aliphatic heterocycles. The fourth-order valence-corrected chi connectivity index (χ4v) is 3.18. The lowest BCUT2D eigenvalue weighted by Gasteiger charge is -2.31. The maximum absolute atomic E-state index is 12.5. The number of terminal acetylenes is 1. The van der Waals surface area contributed by atoms with Crippen LogP contribution in [0.3, 0.4) is 0 Å². The molecule has 0 radical (unpaired) electrons. The van der Waals surface area contributed by atoms with Gasteiger partial charge in [-0.05, 0) is 56.0 Å². The van der Waals surface area contributed by atoms with Crippen LogP contribution in [0.2, 0.25) is 0 Å². The summed E-state index contributed by atoms with van der Waals surface area (Å²) in [4.78, 5) is 27.0. The van der Waals surface area contributed by atoms with Crippen molar-refractivity contribution in [2.75, 3.05) is 13.1 Å². The summed E-state index contributed by atoms with van der Waals surface area (Å²) in [7, 11) is 0. The summed E-state index contributed by atoms with van der Waals surface area (Å²) >= 11 is 4.81. The summed E-state index contributed by atoms with van der Waals surface area (Å²) < 4.78 is 1.19. The summed E-state index contributed by atoms with van der Waals surface area (Å²) in [6, 6.07) is 3.72. The molecule has 0 spiro atoms. The number of hydrogen-bond donors (Lipinski definition) is 3. The Bertz CT molecular complexity index is 700. The first-order valence-electron chi connectivity index (χ1n) is 10.4. The Morgan fingerprint density at radius 1 is 1.34 bits per heavy atom. The van der Waals surface area contributed by atoms with E-state index < -0.39 is 24.0 Å². The van der Waals surface area contributed by atoms with Crippen molar-refractivity contribution in [3.8, 4) is 12.8 Å². The van der Waals surface area contributed by atoms with Crippen LogP contribution >= 0.6 is 27.3 Å². The first-order chi connectivity index (χ1) is 15.2. The number of aliphatic hydroxyl groups is 2. The van der Waals surface area contributed by atoms with Gasteiger partial charge in [0.15, 0.2) is 12.2 Å². The lowest BCUT2D eigenvalue weighted by atomic mass is 10.1. The topological polar surface area (TPSA) is 89.9 Å². The van der Waals surface area contributed by atoms with E-state index in [0.29, 0.717) is 32.4 Å². The molecule has 0 fully saturated rings. The van der Waals surface area contributed by atoms with Gasteiger partial charge in [0, 0.05) is 24.0 Å². The zero-order valence-electron chi connectivity index (χ0n) is 19.5. The van der Waals surface area contributed by atoms with Crippen molar-refractivity contribution >= 4 is 39.1 Å². The molecular formula is C24H37BrN2O4S. The number of allylic oxidation sites excluding steroid dienone is 2. The molecule has 3 atom stereocenters. The van der Waals surface area contributed by atoms with E-state index >= 15 is 0 Å². The van der Waals surface area contributed by atoms with Crippen LogP contribution in [0.4, 0.5) is 0 Å². The first-order valence-corrected chi connectivity index (χ1v) is 12.1. The average Bonchev–Trinajstić information content (AvgIpc) is 3.31. The molecule has 2 amide bonds. The van der Waals surface area contributed by atoms with E-state index in [-0.39, 0.29) is 6.04 Å². The summed E-state index contributed by atoms with van der Waals surface area (Å²) in [5.74, 6) is -1.39. The molecule has 0 aromatic carbocycles. The molecule has 3 unspecified atom stereocenters. The highest BCUT2D eigenvalue weighted by atomic mass is 79.9. The third kappa shape index (κ3) is 13.5. The summed E-state index contributed by atoms with van der Waals surface area (Å²) in [6.07, 6.45) is 10.1. The van der Waals surface area contributed by atoms with Gasteiger partial charge in [-0.3, -0.25) is 9.59 Å². The highest BCUT2D eigenvalue weighted by Crippen LogP contribution is 2.11. The molecule has 180 valence electrons. The molecule has 3 N–H and O–H groups in total. The molecule has 1 heterocycles. The number of carbonyl (C=O) groups excluding carboxylic acids is 2. The van der Waals surface area contributed by atoms with Gasteiger partial charge in [0.2, 0.25) is 0 Å². The number of thiophene rings is 1. The SMILES string of the molecule is C#C.C/C=C(\C)Br.C=CCC(C)N(CCC)C(=O)C(O)C(O)C(=O)NCCc1cccs1. The second kappa shape index (κ2) is 19.7. The average molecular weight is 530 g/mol. The highest BCUT2D eigenvalue weighted by molar-refractivity contribution is 9.11. The van der Waals surface area contributed by atoms with Gasteiger partial charge in [0.1, 0.15) is 0 Å². The largest absolute Gasteiger partial charge is 0.380 e. The summed E-state index contributed by atoms with van der Waals surface area (Å²) in [6.45, 7) is 12.2. The Hall–Kier alpha value is -1.92. The summed E-state index contributed by atoms with van der Waals surface area (Å²) in [5, 5.41) is 24.6. The van der Waals surface area contributed by atoms with Crippen LogP contribution in [0, 0.1) is 12.8 Å². The van der Waals surface area contributed by atoms with Gasteiger partial charge >= 0.3 is 0 Å². The third-order valence-electron chi connectivity index (χ3n) is 4.26. The van der Waals surface area contributed by atoms with Crippen LogP contribution in [-0.2, 0) is 16.0 Å². The van der Waals surface area contributed by atoms with E-state index in [1.807, 2.05) is 51.3 Å². The molecular weight excluding hydrogens is 492 g/mol. The Labute approximate surface area is 205 Å². The predicted molar refractivity (Wildman–Crippen MR) is 138 cm³/mol. The van der Waals surface area contributed by atoms with Gasteiger partial charge in [0.05, 0.1) is 0 Å². The minimum atomic E-state index is -1.79. The number of carbonyl (C=O) groups is 2. The first kappa shape index (κ1) is 32.3. The second-order valence-electron chi connectivity index (χ2n) is 6.79. The lowest BCUT2D eigenvalue weighted by molar-refractivity contribution is -0.154. The fourth-order valence-electron chi connectivity index (χ4n) is 2.47.